The normalized spacial score (nSPS) is 51.9. The summed E-state index contributed by atoms with van der Waals surface area (Å²) in [6.45, 7) is 4.09. The molecule has 1 spiro atoms. The second-order valence-electron chi connectivity index (χ2n) is 11.7. The van der Waals surface area contributed by atoms with Crippen LogP contribution >= 0.6 is 0 Å². The van der Waals surface area contributed by atoms with E-state index in [9.17, 15) is 29.9 Å². The van der Waals surface area contributed by atoms with Crippen molar-refractivity contribution >= 4 is 17.7 Å². The number of rotatable bonds is 4. The Morgan fingerprint density at radius 3 is 2.64 bits per heavy atom. The average Bonchev–Trinajstić information content (AvgIpc) is 3.43. The number of carbonyl (C=O) groups excluding carboxylic acids is 2. The van der Waals surface area contributed by atoms with Gasteiger partial charge in [0.25, 0.3) is 0 Å². The minimum Gasteiger partial charge on any atom is -0.481 e. The molecule has 180 valence electrons. The van der Waals surface area contributed by atoms with Crippen molar-refractivity contribution in [1.82, 2.24) is 0 Å². The lowest BCUT2D eigenvalue weighted by atomic mass is 9.37. The van der Waals surface area contributed by atoms with E-state index in [2.05, 4.69) is 13.0 Å². The van der Waals surface area contributed by atoms with Crippen LogP contribution in [-0.4, -0.2) is 52.4 Å². The molecule has 5 aliphatic rings. The van der Waals surface area contributed by atoms with E-state index in [0.717, 1.165) is 0 Å². The van der Waals surface area contributed by atoms with Crippen molar-refractivity contribution in [3.63, 3.8) is 0 Å². The van der Waals surface area contributed by atoms with Gasteiger partial charge in [0.05, 0.1) is 36.2 Å². The molecule has 9 atom stereocenters. The van der Waals surface area contributed by atoms with Gasteiger partial charge in [0.1, 0.15) is 11.4 Å². The molecule has 1 saturated heterocycles. The fourth-order valence-electron chi connectivity index (χ4n) is 9.00. The maximum atomic E-state index is 13.2. The van der Waals surface area contributed by atoms with Crippen LogP contribution in [0.15, 0.2) is 0 Å². The van der Waals surface area contributed by atoms with Crippen LogP contribution in [0.25, 0.3) is 0 Å². The van der Waals surface area contributed by atoms with Gasteiger partial charge in [-0.05, 0) is 44.4 Å². The zero-order valence-electron chi connectivity index (χ0n) is 19.6. The van der Waals surface area contributed by atoms with Gasteiger partial charge in [-0.15, -0.1) is 0 Å². The lowest BCUT2D eigenvalue weighted by Gasteiger charge is -2.63. The highest BCUT2D eigenvalue weighted by molar-refractivity contribution is 5.82. The molecule has 1 heterocycles. The SMILES string of the molecule is COC(=O)[C@@H]1C[C@@]2(C#N)CC(=O)CC[C@]2(C)[C@@]23O[C@@H]2C[C@@]2(C)[C@@H](CC[C@@]2(O)CCC(=O)O)[C@H]13. The average molecular weight is 460 g/mol. The fraction of sp³-hybridized carbons (Fsp3) is 0.840. The second kappa shape index (κ2) is 6.79. The van der Waals surface area contributed by atoms with Crippen molar-refractivity contribution in [2.24, 2.45) is 34.0 Å². The summed E-state index contributed by atoms with van der Waals surface area (Å²) in [5, 5.41) is 31.3. The number of aliphatic carboxylic acids is 1. The summed E-state index contributed by atoms with van der Waals surface area (Å²) in [7, 11) is 1.35. The number of aliphatic hydroxyl groups is 1. The molecule has 0 radical (unpaired) electrons. The Labute approximate surface area is 193 Å². The molecule has 4 saturated carbocycles. The van der Waals surface area contributed by atoms with Crippen LogP contribution in [0, 0.1) is 45.3 Å². The predicted octanol–water partition coefficient (Wildman–Crippen LogP) is 2.62. The van der Waals surface area contributed by atoms with Crippen molar-refractivity contribution in [2.45, 2.75) is 88.9 Å². The number of hydrogen-bond acceptors (Lipinski definition) is 7. The number of ether oxygens (including phenoxy) is 2. The molecule has 33 heavy (non-hydrogen) atoms. The molecule has 2 N–H and O–H groups in total. The second-order valence-corrected chi connectivity index (χ2v) is 11.7. The third-order valence-corrected chi connectivity index (χ3v) is 10.8. The van der Waals surface area contributed by atoms with Gasteiger partial charge in [-0.25, -0.2) is 0 Å². The summed E-state index contributed by atoms with van der Waals surface area (Å²) >= 11 is 0. The number of esters is 1. The van der Waals surface area contributed by atoms with Crippen molar-refractivity contribution < 1.29 is 34.1 Å². The quantitative estimate of drug-likeness (QED) is 0.483. The maximum Gasteiger partial charge on any atom is 0.309 e. The summed E-state index contributed by atoms with van der Waals surface area (Å²) in [6, 6.07) is 2.48. The number of nitriles is 1. The molecule has 0 aromatic heterocycles. The smallest absolute Gasteiger partial charge is 0.309 e. The zero-order chi connectivity index (χ0) is 24.0. The van der Waals surface area contributed by atoms with E-state index in [1.54, 1.807) is 0 Å². The summed E-state index contributed by atoms with van der Waals surface area (Å²) in [5.41, 5.74) is -4.02. The molecule has 0 aromatic rings. The number of hydrogen-bond donors (Lipinski definition) is 2. The Bertz CT molecular complexity index is 974. The molecular weight excluding hydrogens is 426 g/mol. The van der Waals surface area contributed by atoms with Gasteiger partial charge in [-0.2, -0.15) is 5.26 Å². The van der Waals surface area contributed by atoms with Crippen LogP contribution in [0.3, 0.4) is 0 Å². The van der Waals surface area contributed by atoms with E-state index < -0.39 is 45.3 Å². The van der Waals surface area contributed by atoms with Crippen LogP contribution in [0.5, 0.6) is 0 Å². The van der Waals surface area contributed by atoms with Gasteiger partial charge >= 0.3 is 11.9 Å². The Hall–Kier alpha value is -1.98. The molecule has 4 aliphatic carbocycles. The third kappa shape index (κ3) is 2.56. The van der Waals surface area contributed by atoms with Gasteiger partial charge in [-0.3, -0.25) is 14.4 Å². The molecule has 0 bridgehead atoms. The number of methoxy groups -OCH3 is 1. The molecule has 0 amide bonds. The first kappa shape index (κ1) is 22.8. The van der Waals surface area contributed by atoms with Gasteiger partial charge in [-0.1, -0.05) is 13.8 Å². The number of Topliss-reactive ketones (excluding diaryl/α,β-unsaturated/α-hetero) is 1. The number of epoxide rings is 1. The van der Waals surface area contributed by atoms with Crippen LogP contribution < -0.4 is 0 Å². The van der Waals surface area contributed by atoms with E-state index in [4.69, 9.17) is 9.47 Å². The molecule has 5 fully saturated rings. The van der Waals surface area contributed by atoms with E-state index in [1.807, 2.05) is 6.92 Å². The molecule has 5 rings (SSSR count). The van der Waals surface area contributed by atoms with E-state index in [1.165, 1.54) is 7.11 Å². The number of nitrogens with zero attached hydrogens (tertiary/aromatic N) is 1. The van der Waals surface area contributed by atoms with Crippen molar-refractivity contribution in [2.75, 3.05) is 7.11 Å². The topological polar surface area (TPSA) is 137 Å². The number of carboxylic acids is 1. The minimum atomic E-state index is -1.15. The van der Waals surface area contributed by atoms with Crippen LogP contribution in [-0.2, 0) is 23.9 Å². The zero-order valence-corrected chi connectivity index (χ0v) is 19.6. The molecule has 8 heteroatoms. The minimum absolute atomic E-state index is 0.0502. The molecule has 8 nitrogen and oxygen atoms in total. The Balaban J connectivity index is 1.62. The van der Waals surface area contributed by atoms with Crippen molar-refractivity contribution in [1.29, 1.82) is 5.26 Å². The monoisotopic (exact) mass is 459 g/mol. The summed E-state index contributed by atoms with van der Waals surface area (Å²) in [4.78, 5) is 36.9. The number of carbonyl (C=O) groups is 3. The van der Waals surface area contributed by atoms with E-state index in [0.29, 0.717) is 32.1 Å². The van der Waals surface area contributed by atoms with Gasteiger partial charge < -0.3 is 19.7 Å². The van der Waals surface area contributed by atoms with Crippen molar-refractivity contribution in [3.05, 3.63) is 0 Å². The molecule has 1 aliphatic heterocycles. The van der Waals surface area contributed by atoms with Crippen LogP contribution in [0.1, 0.15) is 71.6 Å². The lowest BCUT2D eigenvalue weighted by molar-refractivity contribution is -0.191. The van der Waals surface area contributed by atoms with Crippen molar-refractivity contribution in [3.8, 4) is 6.07 Å². The molecule has 0 aromatic carbocycles. The Morgan fingerprint density at radius 1 is 1.27 bits per heavy atom. The lowest BCUT2D eigenvalue weighted by Crippen LogP contribution is -2.68. The van der Waals surface area contributed by atoms with E-state index in [-0.39, 0.29) is 49.4 Å². The van der Waals surface area contributed by atoms with Crippen LogP contribution in [0.4, 0.5) is 0 Å². The van der Waals surface area contributed by atoms with Gasteiger partial charge in [0, 0.05) is 36.0 Å². The Morgan fingerprint density at radius 2 is 2.00 bits per heavy atom. The number of ketones is 1. The first-order chi connectivity index (χ1) is 15.4. The van der Waals surface area contributed by atoms with Gasteiger partial charge in [0.2, 0.25) is 0 Å². The predicted molar refractivity (Wildman–Crippen MR) is 113 cm³/mol. The largest absolute Gasteiger partial charge is 0.481 e. The van der Waals surface area contributed by atoms with Gasteiger partial charge in [0.15, 0.2) is 0 Å². The number of fused-ring (bicyclic) bond motifs is 3. The summed E-state index contributed by atoms with van der Waals surface area (Å²) in [5.74, 6) is -2.20. The van der Waals surface area contributed by atoms with E-state index >= 15 is 0 Å². The van der Waals surface area contributed by atoms with Crippen LogP contribution in [0.2, 0.25) is 0 Å². The maximum absolute atomic E-state index is 13.2. The summed E-state index contributed by atoms with van der Waals surface area (Å²) < 4.78 is 11.8. The first-order valence-electron chi connectivity index (χ1n) is 12.1. The molecule has 0 unspecified atom stereocenters. The highest BCUT2D eigenvalue weighted by Gasteiger charge is 2.86. The fourth-order valence-corrected chi connectivity index (χ4v) is 9.00. The molecular formula is C25H33NO7. The number of carboxylic acid groups (broad SMARTS) is 1. The standard InChI is InChI=1S/C25H33NO7/c1-21-12-17-25(33-17)19(16(21)5-8-24(21,31)9-6-18(28)29)15(20(30)32-3)11-23(13-26)10-14(27)4-7-22(23,25)2/h15-17,19,31H,4-12H2,1-3H3,(H,28,29)/t15-,16+,17-,19+,21+,22+,23-,24-,25-/m1/s1. The summed E-state index contributed by atoms with van der Waals surface area (Å²) in [6.07, 6.45) is 2.84. The first-order valence-corrected chi connectivity index (χ1v) is 12.1. The highest BCUT2D eigenvalue weighted by Crippen LogP contribution is 2.80. The highest BCUT2D eigenvalue weighted by atomic mass is 16.6. The Kier molecular flexibility index (Phi) is 4.69. The third-order valence-electron chi connectivity index (χ3n) is 10.8.